The lowest BCUT2D eigenvalue weighted by molar-refractivity contribution is -0.131. The van der Waals surface area contributed by atoms with Crippen molar-refractivity contribution in [3.63, 3.8) is 0 Å². The quantitative estimate of drug-likeness (QED) is 0.811. The van der Waals surface area contributed by atoms with E-state index in [0.29, 0.717) is 28.6 Å². The van der Waals surface area contributed by atoms with Gasteiger partial charge >= 0.3 is 0 Å². The van der Waals surface area contributed by atoms with Gasteiger partial charge in [0.1, 0.15) is 23.7 Å². The maximum Gasteiger partial charge on any atom is 0.275 e. The molecule has 6 nitrogen and oxygen atoms in total. The minimum atomic E-state index is -0.800. The predicted molar refractivity (Wildman–Crippen MR) is 114 cm³/mol. The summed E-state index contributed by atoms with van der Waals surface area (Å²) in [6, 6.07) is 14.9. The lowest BCUT2D eigenvalue weighted by Crippen LogP contribution is -2.46. The van der Waals surface area contributed by atoms with Crippen molar-refractivity contribution in [3.05, 3.63) is 59.7 Å². The number of nitrogens with zero attached hydrogens (tertiary/aromatic N) is 2. The lowest BCUT2D eigenvalue weighted by atomic mass is 10.0. The van der Waals surface area contributed by atoms with E-state index in [0.717, 1.165) is 0 Å². The number of amides is 2. The molecule has 0 atom stereocenters. The van der Waals surface area contributed by atoms with E-state index in [4.69, 9.17) is 4.74 Å². The Labute approximate surface area is 171 Å². The number of aliphatic imine (C=N–C) groups is 1. The number of nitrogens with one attached hydrogen (secondary N) is 1. The van der Waals surface area contributed by atoms with Gasteiger partial charge in [0.05, 0.1) is 7.11 Å². The van der Waals surface area contributed by atoms with Gasteiger partial charge in [0.15, 0.2) is 0 Å². The Morgan fingerprint density at radius 1 is 1.10 bits per heavy atom. The normalized spacial score (nSPS) is 15.4. The van der Waals surface area contributed by atoms with Crippen molar-refractivity contribution < 1.29 is 14.3 Å². The molecule has 0 saturated heterocycles. The van der Waals surface area contributed by atoms with Gasteiger partial charge in [-0.25, -0.2) is 0 Å². The van der Waals surface area contributed by atoms with Gasteiger partial charge in [-0.2, -0.15) is 0 Å². The number of ether oxygens (including phenoxy) is 1. The van der Waals surface area contributed by atoms with E-state index in [1.165, 1.54) is 10.5 Å². The summed E-state index contributed by atoms with van der Waals surface area (Å²) in [5, 5.41) is 2.86. The molecule has 1 aliphatic heterocycles. The van der Waals surface area contributed by atoms with Crippen LogP contribution in [0.4, 0.5) is 5.69 Å². The second-order valence-corrected chi connectivity index (χ2v) is 7.90. The second kappa shape index (κ2) is 8.07. The van der Waals surface area contributed by atoms with Crippen LogP contribution < -0.4 is 10.1 Å². The Kier molecular flexibility index (Phi) is 5.73. The van der Waals surface area contributed by atoms with Gasteiger partial charge in [-0.15, -0.1) is 0 Å². The summed E-state index contributed by atoms with van der Waals surface area (Å²) < 4.78 is 5.16. The molecule has 0 unspecified atom stereocenters. The topological polar surface area (TPSA) is 71.0 Å². The molecule has 0 aliphatic carbocycles. The fraction of sp³-hybridized carbons (Fsp3) is 0.348. The van der Waals surface area contributed by atoms with Crippen molar-refractivity contribution in [3.8, 4) is 5.75 Å². The zero-order chi connectivity index (χ0) is 21.2. The Balaban J connectivity index is 1.70. The number of rotatable bonds is 6. The number of hydrogen-bond acceptors (Lipinski definition) is 4. The summed E-state index contributed by atoms with van der Waals surface area (Å²) >= 11 is 0. The van der Waals surface area contributed by atoms with Gasteiger partial charge in [-0.1, -0.05) is 26.0 Å². The van der Waals surface area contributed by atoms with Gasteiger partial charge in [-0.05, 0) is 61.7 Å². The third kappa shape index (κ3) is 4.47. The van der Waals surface area contributed by atoms with E-state index in [1.54, 1.807) is 31.4 Å². The Hall–Kier alpha value is -3.15. The van der Waals surface area contributed by atoms with Gasteiger partial charge in [0, 0.05) is 11.3 Å². The molecule has 0 saturated carbocycles. The molecule has 29 heavy (non-hydrogen) atoms. The first-order valence-corrected chi connectivity index (χ1v) is 9.67. The monoisotopic (exact) mass is 393 g/mol. The van der Waals surface area contributed by atoms with Crippen LogP contribution in [-0.2, 0) is 9.59 Å². The van der Waals surface area contributed by atoms with Crippen LogP contribution in [0.3, 0.4) is 0 Å². The van der Waals surface area contributed by atoms with Crippen LogP contribution >= 0.6 is 0 Å². The van der Waals surface area contributed by atoms with Crippen LogP contribution in [-0.4, -0.2) is 41.7 Å². The fourth-order valence-electron chi connectivity index (χ4n) is 3.26. The molecule has 1 aliphatic rings. The molecule has 6 heteroatoms. The highest BCUT2D eigenvalue weighted by molar-refractivity contribution is 6.47. The van der Waals surface area contributed by atoms with Crippen molar-refractivity contribution in [1.82, 2.24) is 4.90 Å². The summed E-state index contributed by atoms with van der Waals surface area (Å²) in [5.41, 5.74) is 2.17. The SMILES string of the molecule is COc1ccc(C2=NC(C)(C)N(CC(=O)Nc3ccc(C(C)C)cc3)C2=O)cc1. The van der Waals surface area contributed by atoms with Crippen LogP contribution in [0.25, 0.3) is 0 Å². The lowest BCUT2D eigenvalue weighted by Gasteiger charge is -2.28. The molecule has 3 rings (SSSR count). The first-order chi connectivity index (χ1) is 13.7. The molecular weight excluding hydrogens is 366 g/mol. The first kappa shape index (κ1) is 20.6. The third-order valence-corrected chi connectivity index (χ3v) is 5.02. The standard InChI is InChI=1S/C23H27N3O3/c1-15(2)16-6-10-18(11-7-16)24-20(27)14-26-22(28)21(25-23(26,3)4)17-8-12-19(29-5)13-9-17/h6-13,15H,14H2,1-5H3,(H,24,27). The summed E-state index contributed by atoms with van der Waals surface area (Å²) in [7, 11) is 1.59. The molecule has 0 bridgehead atoms. The predicted octanol–water partition coefficient (Wildman–Crippen LogP) is 3.82. The summed E-state index contributed by atoms with van der Waals surface area (Å²) in [4.78, 5) is 31.6. The summed E-state index contributed by atoms with van der Waals surface area (Å²) in [5.74, 6) is 0.621. The number of carbonyl (C=O) groups is 2. The van der Waals surface area contributed by atoms with Crippen molar-refractivity contribution in [2.75, 3.05) is 19.0 Å². The average molecular weight is 393 g/mol. The molecular formula is C23H27N3O3. The zero-order valence-electron chi connectivity index (χ0n) is 17.5. The minimum Gasteiger partial charge on any atom is -0.497 e. The molecule has 1 heterocycles. The van der Waals surface area contributed by atoms with Crippen LogP contribution in [0.1, 0.15) is 44.7 Å². The molecule has 0 aromatic heterocycles. The molecule has 2 aromatic carbocycles. The zero-order valence-corrected chi connectivity index (χ0v) is 17.5. The van der Waals surface area contributed by atoms with E-state index in [1.807, 2.05) is 38.1 Å². The Morgan fingerprint density at radius 3 is 2.28 bits per heavy atom. The fourth-order valence-corrected chi connectivity index (χ4v) is 3.26. The smallest absolute Gasteiger partial charge is 0.275 e. The number of hydrogen-bond donors (Lipinski definition) is 1. The summed E-state index contributed by atoms with van der Waals surface area (Å²) in [6.45, 7) is 7.82. The van der Waals surface area contributed by atoms with Crippen LogP contribution in [0, 0.1) is 0 Å². The maximum atomic E-state index is 13.0. The van der Waals surface area contributed by atoms with Crippen LogP contribution in [0.15, 0.2) is 53.5 Å². The largest absolute Gasteiger partial charge is 0.497 e. The first-order valence-electron chi connectivity index (χ1n) is 9.67. The number of anilines is 1. The van der Waals surface area contributed by atoms with Crippen molar-refractivity contribution in [2.45, 2.75) is 39.3 Å². The molecule has 2 aromatic rings. The van der Waals surface area contributed by atoms with E-state index >= 15 is 0 Å². The van der Waals surface area contributed by atoms with Crippen LogP contribution in [0.2, 0.25) is 0 Å². The van der Waals surface area contributed by atoms with Crippen molar-refractivity contribution >= 4 is 23.2 Å². The molecule has 152 valence electrons. The van der Waals surface area contributed by atoms with E-state index < -0.39 is 5.66 Å². The van der Waals surface area contributed by atoms with Gasteiger partial charge in [0.25, 0.3) is 5.91 Å². The highest BCUT2D eigenvalue weighted by atomic mass is 16.5. The molecule has 0 spiro atoms. The maximum absolute atomic E-state index is 13.0. The number of methoxy groups -OCH3 is 1. The van der Waals surface area contributed by atoms with E-state index in [-0.39, 0.29) is 18.4 Å². The highest BCUT2D eigenvalue weighted by Crippen LogP contribution is 2.27. The molecule has 2 amide bonds. The molecule has 0 radical (unpaired) electrons. The number of benzene rings is 2. The van der Waals surface area contributed by atoms with E-state index in [2.05, 4.69) is 24.2 Å². The second-order valence-electron chi connectivity index (χ2n) is 7.90. The molecule has 0 fully saturated rings. The summed E-state index contributed by atoms with van der Waals surface area (Å²) in [6.07, 6.45) is 0. The Morgan fingerprint density at radius 2 is 1.72 bits per heavy atom. The van der Waals surface area contributed by atoms with Crippen molar-refractivity contribution in [1.29, 1.82) is 0 Å². The van der Waals surface area contributed by atoms with Gasteiger partial charge in [-0.3, -0.25) is 14.6 Å². The molecule has 1 N–H and O–H groups in total. The van der Waals surface area contributed by atoms with Gasteiger partial charge < -0.3 is 15.0 Å². The van der Waals surface area contributed by atoms with E-state index in [9.17, 15) is 9.59 Å². The third-order valence-electron chi connectivity index (χ3n) is 5.02. The minimum absolute atomic E-state index is 0.0685. The van der Waals surface area contributed by atoms with Gasteiger partial charge in [0.2, 0.25) is 5.91 Å². The van der Waals surface area contributed by atoms with Crippen molar-refractivity contribution in [2.24, 2.45) is 4.99 Å². The Bertz CT molecular complexity index is 929. The number of carbonyl (C=O) groups excluding carboxylic acids is 2. The van der Waals surface area contributed by atoms with Crippen LogP contribution in [0.5, 0.6) is 5.75 Å². The average Bonchev–Trinajstić information content (AvgIpc) is 2.92. The highest BCUT2D eigenvalue weighted by Gasteiger charge is 2.41.